The molecule has 3 aromatic rings. The normalized spacial score (nSPS) is 15.3. The van der Waals surface area contributed by atoms with E-state index in [0.29, 0.717) is 30.1 Å². The van der Waals surface area contributed by atoms with E-state index in [-0.39, 0.29) is 41.4 Å². The van der Waals surface area contributed by atoms with Crippen LogP contribution in [0.15, 0.2) is 71.6 Å². The van der Waals surface area contributed by atoms with Crippen molar-refractivity contribution < 1.29 is 36.6 Å². The molecule has 240 valence electrons. The Morgan fingerprint density at radius 1 is 1.00 bits per heavy atom. The molecule has 0 aromatic heterocycles. The predicted molar refractivity (Wildman–Crippen MR) is 166 cm³/mol. The molecule has 12 heteroatoms. The number of carbonyl (C=O) groups excluding carboxylic acids is 2. The second-order valence-electron chi connectivity index (χ2n) is 11.1. The Morgan fingerprint density at radius 2 is 1.71 bits per heavy atom. The number of rotatable bonds is 12. The first-order valence-corrected chi connectivity index (χ1v) is 16.5. The van der Waals surface area contributed by atoms with E-state index < -0.39 is 34.3 Å². The zero-order valence-corrected chi connectivity index (χ0v) is 26.2. The first kappa shape index (κ1) is 32.1. The number of halogens is 1. The van der Waals surface area contributed by atoms with Crippen LogP contribution in [0.4, 0.5) is 10.1 Å². The Labute approximate surface area is 263 Å². The lowest BCUT2D eigenvalue weighted by atomic mass is 10.1. The van der Waals surface area contributed by atoms with Gasteiger partial charge in [0.25, 0.3) is 10.0 Å². The molecule has 1 aliphatic heterocycles. The fraction of sp³-hybridized carbons (Fsp3) is 0.394. The van der Waals surface area contributed by atoms with Gasteiger partial charge in [0.1, 0.15) is 37.4 Å². The maximum atomic E-state index is 14.3. The van der Waals surface area contributed by atoms with Gasteiger partial charge in [0, 0.05) is 18.7 Å². The smallest absolute Gasteiger partial charge is 0.264 e. The number of hydrogen-bond donors (Lipinski definition) is 1. The third-order valence-electron chi connectivity index (χ3n) is 8.07. The molecule has 1 heterocycles. The van der Waals surface area contributed by atoms with E-state index in [0.717, 1.165) is 42.1 Å². The first-order valence-electron chi connectivity index (χ1n) is 15.1. The topological polar surface area (TPSA) is 114 Å². The molecule has 0 radical (unpaired) electrons. The van der Waals surface area contributed by atoms with Crippen LogP contribution in [0.3, 0.4) is 0 Å². The number of nitrogens with one attached hydrogen (secondary N) is 1. The number of ether oxygens (including phenoxy) is 3. The molecule has 45 heavy (non-hydrogen) atoms. The van der Waals surface area contributed by atoms with Gasteiger partial charge >= 0.3 is 0 Å². The van der Waals surface area contributed by atoms with Crippen LogP contribution in [0.1, 0.15) is 44.6 Å². The van der Waals surface area contributed by atoms with Crippen LogP contribution in [-0.4, -0.2) is 64.1 Å². The molecule has 2 aliphatic rings. The van der Waals surface area contributed by atoms with Crippen molar-refractivity contribution in [1.82, 2.24) is 10.2 Å². The van der Waals surface area contributed by atoms with Gasteiger partial charge in [-0.05, 0) is 73.4 Å². The number of hydrogen-bond acceptors (Lipinski definition) is 7. The van der Waals surface area contributed by atoms with Gasteiger partial charge in [-0.1, -0.05) is 31.9 Å². The SMILES string of the molecule is CCC(C(=O)NC1CCCC1)N(Cc1cccc(OC)c1)C(=O)CN(c1ccc(F)cc1)S(=O)(=O)c1ccc2c(c1)OCCO2. The van der Waals surface area contributed by atoms with Gasteiger partial charge < -0.3 is 24.4 Å². The molecule has 1 N–H and O–H groups in total. The number of nitrogens with zero attached hydrogens (tertiary/aromatic N) is 2. The van der Waals surface area contributed by atoms with E-state index in [9.17, 15) is 22.4 Å². The van der Waals surface area contributed by atoms with Crippen molar-refractivity contribution in [2.24, 2.45) is 0 Å². The molecule has 2 amide bonds. The Balaban J connectivity index is 1.51. The lowest BCUT2D eigenvalue weighted by Gasteiger charge is -2.34. The summed E-state index contributed by atoms with van der Waals surface area (Å²) in [5, 5.41) is 3.09. The van der Waals surface area contributed by atoms with Gasteiger partial charge in [-0.2, -0.15) is 0 Å². The van der Waals surface area contributed by atoms with Crippen LogP contribution >= 0.6 is 0 Å². The van der Waals surface area contributed by atoms with Gasteiger partial charge in [-0.3, -0.25) is 13.9 Å². The molecule has 1 saturated carbocycles. The minimum absolute atomic E-state index is 0.0339. The summed E-state index contributed by atoms with van der Waals surface area (Å²) >= 11 is 0. The summed E-state index contributed by atoms with van der Waals surface area (Å²) in [6.07, 6.45) is 4.10. The predicted octanol–water partition coefficient (Wildman–Crippen LogP) is 4.67. The van der Waals surface area contributed by atoms with E-state index in [2.05, 4.69) is 5.32 Å². The molecule has 0 saturated heterocycles. The summed E-state index contributed by atoms with van der Waals surface area (Å²) in [6, 6.07) is 15.4. The van der Waals surface area contributed by atoms with Crippen LogP contribution in [0.5, 0.6) is 17.2 Å². The Bertz CT molecular complexity index is 1610. The minimum Gasteiger partial charge on any atom is -0.497 e. The van der Waals surface area contributed by atoms with Crippen LogP contribution < -0.4 is 23.8 Å². The van der Waals surface area contributed by atoms with Gasteiger partial charge in [0.15, 0.2) is 11.5 Å². The summed E-state index contributed by atoms with van der Waals surface area (Å²) in [6.45, 7) is 1.81. The van der Waals surface area contributed by atoms with E-state index in [1.54, 1.807) is 18.2 Å². The monoisotopic (exact) mass is 639 g/mol. The molecule has 1 atom stereocenters. The fourth-order valence-corrected chi connectivity index (χ4v) is 7.13. The maximum Gasteiger partial charge on any atom is 0.264 e. The zero-order chi connectivity index (χ0) is 32.0. The second kappa shape index (κ2) is 14.2. The van der Waals surface area contributed by atoms with Crippen molar-refractivity contribution in [1.29, 1.82) is 0 Å². The lowest BCUT2D eigenvalue weighted by molar-refractivity contribution is -0.140. The van der Waals surface area contributed by atoms with Crippen molar-refractivity contribution in [3.8, 4) is 17.2 Å². The van der Waals surface area contributed by atoms with E-state index >= 15 is 0 Å². The standard InChI is InChI=1S/C33H38FN3O7S/c1-3-29(33(39)35-25-8-4-5-9-25)36(21-23-7-6-10-27(19-23)42-2)32(38)22-37(26-13-11-24(34)12-14-26)45(40,41)28-15-16-30-31(20-28)44-18-17-43-30/h6-7,10-16,19-20,25,29H,3-5,8-9,17-18,21-22H2,1-2H3,(H,35,39). The fourth-order valence-electron chi connectivity index (χ4n) is 5.70. The highest BCUT2D eigenvalue weighted by Crippen LogP contribution is 2.34. The molecule has 5 rings (SSSR count). The van der Waals surface area contributed by atoms with E-state index in [1.165, 1.54) is 42.3 Å². The molecule has 1 fully saturated rings. The van der Waals surface area contributed by atoms with Crippen LogP contribution in [0.25, 0.3) is 0 Å². The number of fused-ring (bicyclic) bond motifs is 1. The molecular formula is C33H38FN3O7S. The van der Waals surface area contributed by atoms with E-state index in [4.69, 9.17) is 14.2 Å². The Kier molecular flexibility index (Phi) is 10.1. The largest absolute Gasteiger partial charge is 0.497 e. The number of amides is 2. The summed E-state index contributed by atoms with van der Waals surface area (Å²) in [7, 11) is -2.84. The second-order valence-corrected chi connectivity index (χ2v) is 12.9. The number of sulfonamides is 1. The van der Waals surface area contributed by atoms with Gasteiger partial charge in [-0.15, -0.1) is 0 Å². The quantitative estimate of drug-likeness (QED) is 0.307. The van der Waals surface area contributed by atoms with Crippen LogP contribution in [0.2, 0.25) is 0 Å². The highest BCUT2D eigenvalue weighted by Gasteiger charge is 2.35. The van der Waals surface area contributed by atoms with Crippen molar-refractivity contribution in [3.63, 3.8) is 0 Å². The molecule has 10 nitrogen and oxygen atoms in total. The summed E-state index contributed by atoms with van der Waals surface area (Å²) in [5.41, 5.74) is 0.794. The number of benzene rings is 3. The van der Waals surface area contributed by atoms with Crippen LogP contribution in [0, 0.1) is 5.82 Å². The summed E-state index contributed by atoms with van der Waals surface area (Å²) in [4.78, 5) is 29.2. The van der Waals surface area contributed by atoms with Crippen molar-refractivity contribution in [2.45, 2.75) is 62.6 Å². The van der Waals surface area contributed by atoms with Crippen molar-refractivity contribution in [3.05, 3.63) is 78.1 Å². The summed E-state index contributed by atoms with van der Waals surface area (Å²) in [5.74, 6) is -0.191. The molecule has 3 aromatic carbocycles. The third-order valence-corrected chi connectivity index (χ3v) is 9.84. The Morgan fingerprint density at radius 3 is 2.40 bits per heavy atom. The molecular weight excluding hydrogens is 601 g/mol. The number of methoxy groups -OCH3 is 1. The van der Waals surface area contributed by atoms with Gasteiger partial charge in [0.05, 0.1) is 17.7 Å². The van der Waals surface area contributed by atoms with Crippen LogP contribution in [-0.2, 0) is 26.2 Å². The average Bonchev–Trinajstić information content (AvgIpc) is 3.56. The maximum absolute atomic E-state index is 14.3. The van der Waals surface area contributed by atoms with Gasteiger partial charge in [0.2, 0.25) is 11.8 Å². The highest BCUT2D eigenvalue weighted by molar-refractivity contribution is 7.92. The first-order chi connectivity index (χ1) is 21.7. The average molecular weight is 640 g/mol. The molecule has 1 aliphatic carbocycles. The minimum atomic E-state index is -4.38. The summed E-state index contributed by atoms with van der Waals surface area (Å²) < 4.78 is 59.7. The molecule has 1 unspecified atom stereocenters. The lowest BCUT2D eigenvalue weighted by Crippen LogP contribution is -2.53. The molecule has 0 spiro atoms. The number of anilines is 1. The van der Waals surface area contributed by atoms with Gasteiger partial charge in [-0.25, -0.2) is 12.8 Å². The van der Waals surface area contributed by atoms with E-state index in [1.807, 2.05) is 13.0 Å². The molecule has 0 bridgehead atoms. The van der Waals surface area contributed by atoms with Crippen molar-refractivity contribution in [2.75, 3.05) is 31.2 Å². The highest BCUT2D eigenvalue weighted by atomic mass is 32.2. The number of carbonyl (C=O) groups is 2. The zero-order valence-electron chi connectivity index (χ0n) is 25.4. The Hall–Kier alpha value is -4.32. The third kappa shape index (κ3) is 7.50. The van der Waals surface area contributed by atoms with Crippen molar-refractivity contribution >= 4 is 27.5 Å².